The fraction of sp³-hybridized carbons (Fsp3) is 0.929. The second-order valence-electron chi connectivity index (χ2n) is 4.60. The van der Waals surface area contributed by atoms with Crippen molar-refractivity contribution in [1.29, 1.82) is 0 Å². The Morgan fingerprint density at radius 2 is 1.53 bits per heavy atom. The van der Waals surface area contributed by atoms with Crippen molar-refractivity contribution in [3.05, 3.63) is 0 Å². The van der Waals surface area contributed by atoms with Gasteiger partial charge in [-0.25, -0.2) is 0 Å². The van der Waals surface area contributed by atoms with Crippen LogP contribution in [-0.4, -0.2) is 6.29 Å². The van der Waals surface area contributed by atoms with Gasteiger partial charge in [0.05, 0.1) is 0 Å². The summed E-state index contributed by atoms with van der Waals surface area (Å²) < 4.78 is 0. The number of carbonyl (C=O) groups excluding carboxylic acids is 1. The summed E-state index contributed by atoms with van der Waals surface area (Å²) in [4.78, 5) is 10.4. The Morgan fingerprint density at radius 3 is 2.13 bits per heavy atom. The summed E-state index contributed by atoms with van der Waals surface area (Å²) in [5.41, 5.74) is 0. The quantitative estimate of drug-likeness (QED) is 0.357. The van der Waals surface area contributed by atoms with E-state index in [4.69, 9.17) is 0 Å². The van der Waals surface area contributed by atoms with Gasteiger partial charge in [-0.15, -0.1) is 0 Å². The highest BCUT2D eigenvalue weighted by molar-refractivity contribution is 5.49. The van der Waals surface area contributed by atoms with Crippen molar-refractivity contribution in [2.75, 3.05) is 0 Å². The zero-order chi connectivity index (χ0) is 11.4. The maximum absolute atomic E-state index is 10.4. The fourth-order valence-electron chi connectivity index (χ4n) is 2.09. The standard InChI is InChI=1S/C14H28O/c1-3-5-7-8-11-14(10-6-4-2)12-9-13-15/h13-14H,3-12H2,1-2H3. The van der Waals surface area contributed by atoms with Crippen LogP contribution < -0.4 is 0 Å². The molecule has 0 fully saturated rings. The highest BCUT2D eigenvalue weighted by Crippen LogP contribution is 2.21. The summed E-state index contributed by atoms with van der Waals surface area (Å²) in [5, 5.41) is 0. The third kappa shape index (κ3) is 9.96. The number of unbranched alkanes of at least 4 members (excludes halogenated alkanes) is 4. The molecule has 0 amide bonds. The van der Waals surface area contributed by atoms with Crippen molar-refractivity contribution < 1.29 is 4.79 Å². The predicted molar refractivity (Wildman–Crippen MR) is 67.1 cm³/mol. The van der Waals surface area contributed by atoms with Gasteiger partial charge in [-0.05, 0) is 12.3 Å². The summed E-state index contributed by atoms with van der Waals surface area (Å²) in [6.07, 6.45) is 13.7. The number of hydrogen-bond donors (Lipinski definition) is 0. The van der Waals surface area contributed by atoms with Crippen molar-refractivity contribution in [2.45, 2.75) is 78.1 Å². The monoisotopic (exact) mass is 212 g/mol. The lowest BCUT2D eigenvalue weighted by Gasteiger charge is -2.14. The maximum Gasteiger partial charge on any atom is 0.120 e. The molecule has 0 saturated carbocycles. The van der Waals surface area contributed by atoms with Gasteiger partial charge < -0.3 is 4.79 Å². The van der Waals surface area contributed by atoms with E-state index in [1.165, 1.54) is 51.4 Å². The number of carbonyl (C=O) groups is 1. The molecule has 0 aromatic rings. The molecule has 1 nitrogen and oxygen atoms in total. The minimum absolute atomic E-state index is 0.766. The van der Waals surface area contributed by atoms with Gasteiger partial charge >= 0.3 is 0 Å². The molecule has 90 valence electrons. The molecule has 0 aromatic carbocycles. The van der Waals surface area contributed by atoms with E-state index in [0.29, 0.717) is 0 Å². The van der Waals surface area contributed by atoms with Gasteiger partial charge in [0.2, 0.25) is 0 Å². The topological polar surface area (TPSA) is 17.1 Å². The van der Waals surface area contributed by atoms with Crippen LogP contribution in [0.1, 0.15) is 78.1 Å². The van der Waals surface area contributed by atoms with E-state index in [-0.39, 0.29) is 0 Å². The Morgan fingerprint density at radius 1 is 0.867 bits per heavy atom. The largest absolute Gasteiger partial charge is 0.303 e. The minimum atomic E-state index is 0.766. The number of hydrogen-bond acceptors (Lipinski definition) is 1. The van der Waals surface area contributed by atoms with Gasteiger partial charge in [0.1, 0.15) is 6.29 Å². The van der Waals surface area contributed by atoms with Crippen LogP contribution in [0.15, 0.2) is 0 Å². The Kier molecular flexibility index (Phi) is 11.5. The van der Waals surface area contributed by atoms with Crippen molar-refractivity contribution >= 4 is 6.29 Å². The maximum atomic E-state index is 10.4. The summed E-state index contributed by atoms with van der Waals surface area (Å²) in [7, 11) is 0. The molecule has 0 saturated heterocycles. The summed E-state index contributed by atoms with van der Waals surface area (Å²) in [6.45, 7) is 4.49. The number of aldehydes is 1. The molecule has 0 aliphatic heterocycles. The Bertz CT molecular complexity index is 131. The normalized spacial score (nSPS) is 12.7. The van der Waals surface area contributed by atoms with Crippen LogP contribution in [0.2, 0.25) is 0 Å². The molecule has 0 radical (unpaired) electrons. The van der Waals surface area contributed by atoms with Crippen LogP contribution in [0.5, 0.6) is 0 Å². The average molecular weight is 212 g/mol. The zero-order valence-electron chi connectivity index (χ0n) is 10.6. The minimum Gasteiger partial charge on any atom is -0.303 e. The Hall–Kier alpha value is -0.330. The zero-order valence-corrected chi connectivity index (χ0v) is 10.6. The smallest absolute Gasteiger partial charge is 0.120 e. The van der Waals surface area contributed by atoms with E-state index >= 15 is 0 Å². The molecule has 0 aliphatic rings. The van der Waals surface area contributed by atoms with Crippen LogP contribution in [0.3, 0.4) is 0 Å². The van der Waals surface area contributed by atoms with E-state index in [0.717, 1.165) is 25.0 Å². The van der Waals surface area contributed by atoms with Crippen molar-refractivity contribution in [3.8, 4) is 0 Å². The molecule has 0 spiro atoms. The van der Waals surface area contributed by atoms with Crippen molar-refractivity contribution in [3.63, 3.8) is 0 Å². The molecular formula is C14H28O. The first-order valence-electron chi connectivity index (χ1n) is 6.78. The van der Waals surface area contributed by atoms with Crippen LogP contribution in [0.25, 0.3) is 0 Å². The first kappa shape index (κ1) is 14.7. The molecule has 1 atom stereocenters. The van der Waals surface area contributed by atoms with Crippen molar-refractivity contribution in [2.24, 2.45) is 5.92 Å². The van der Waals surface area contributed by atoms with E-state index in [9.17, 15) is 4.79 Å². The van der Waals surface area contributed by atoms with E-state index < -0.39 is 0 Å². The van der Waals surface area contributed by atoms with Crippen LogP contribution in [-0.2, 0) is 4.79 Å². The van der Waals surface area contributed by atoms with Crippen LogP contribution in [0.4, 0.5) is 0 Å². The Balaban J connectivity index is 3.53. The lowest BCUT2D eigenvalue weighted by molar-refractivity contribution is -0.108. The molecule has 1 unspecified atom stereocenters. The van der Waals surface area contributed by atoms with Crippen LogP contribution in [0, 0.1) is 5.92 Å². The third-order valence-corrected chi connectivity index (χ3v) is 3.12. The number of rotatable bonds is 11. The first-order valence-corrected chi connectivity index (χ1v) is 6.78. The molecule has 1 heteroatoms. The van der Waals surface area contributed by atoms with Gasteiger partial charge in [-0.1, -0.05) is 65.2 Å². The third-order valence-electron chi connectivity index (χ3n) is 3.12. The van der Waals surface area contributed by atoms with Crippen LogP contribution >= 0.6 is 0 Å². The molecular weight excluding hydrogens is 184 g/mol. The predicted octanol–water partition coefficient (Wildman–Crippen LogP) is 4.74. The molecule has 0 bridgehead atoms. The van der Waals surface area contributed by atoms with Gasteiger partial charge in [-0.3, -0.25) is 0 Å². The summed E-state index contributed by atoms with van der Waals surface area (Å²) in [6, 6.07) is 0. The highest BCUT2D eigenvalue weighted by Gasteiger charge is 2.07. The highest BCUT2D eigenvalue weighted by atomic mass is 16.1. The molecule has 0 heterocycles. The Labute approximate surface area is 95.6 Å². The van der Waals surface area contributed by atoms with Gasteiger partial charge in [-0.2, -0.15) is 0 Å². The first-order chi connectivity index (χ1) is 7.35. The second-order valence-corrected chi connectivity index (χ2v) is 4.60. The molecule has 0 rings (SSSR count). The SMILES string of the molecule is CCCCCCC(CCC=O)CCCC. The molecule has 0 N–H and O–H groups in total. The lowest BCUT2D eigenvalue weighted by atomic mass is 9.91. The van der Waals surface area contributed by atoms with Gasteiger partial charge in [0, 0.05) is 6.42 Å². The average Bonchev–Trinajstić information content (AvgIpc) is 2.27. The van der Waals surface area contributed by atoms with Crippen molar-refractivity contribution in [1.82, 2.24) is 0 Å². The van der Waals surface area contributed by atoms with E-state index in [1.54, 1.807) is 0 Å². The van der Waals surface area contributed by atoms with Gasteiger partial charge in [0.15, 0.2) is 0 Å². The summed E-state index contributed by atoms with van der Waals surface area (Å²) in [5.74, 6) is 0.812. The van der Waals surface area contributed by atoms with E-state index in [2.05, 4.69) is 13.8 Å². The summed E-state index contributed by atoms with van der Waals surface area (Å²) >= 11 is 0. The van der Waals surface area contributed by atoms with Gasteiger partial charge in [0.25, 0.3) is 0 Å². The molecule has 15 heavy (non-hydrogen) atoms. The molecule has 0 aromatic heterocycles. The lowest BCUT2D eigenvalue weighted by Crippen LogP contribution is -2.01. The molecule has 0 aliphatic carbocycles. The second kappa shape index (κ2) is 11.7. The fourth-order valence-corrected chi connectivity index (χ4v) is 2.09. The van der Waals surface area contributed by atoms with E-state index in [1.807, 2.05) is 0 Å².